The average molecular weight is 180 g/mol. The summed E-state index contributed by atoms with van der Waals surface area (Å²) in [5.74, 6) is 0.359. The lowest BCUT2D eigenvalue weighted by molar-refractivity contribution is 0.133. The summed E-state index contributed by atoms with van der Waals surface area (Å²) in [4.78, 5) is 0. The van der Waals surface area contributed by atoms with Crippen molar-refractivity contribution in [2.24, 2.45) is 0 Å². The van der Waals surface area contributed by atoms with Gasteiger partial charge >= 0.3 is 0 Å². The molecule has 0 aromatic heterocycles. The third kappa shape index (κ3) is 2.46. The fraction of sp³-hybridized carbons (Fsp3) is 0.455. The number of benzene rings is 1. The maximum Gasteiger partial charge on any atom is 0.118 e. The van der Waals surface area contributed by atoms with E-state index < -0.39 is 0 Å². The molecule has 0 radical (unpaired) electrons. The molecule has 0 bridgehead atoms. The van der Waals surface area contributed by atoms with E-state index in [4.69, 9.17) is 4.74 Å². The minimum atomic E-state index is 0.359. The predicted molar refractivity (Wildman–Crippen MR) is 52.9 cm³/mol. The van der Waals surface area contributed by atoms with Crippen LogP contribution in [0.4, 0.5) is 0 Å². The fourth-order valence-electron chi connectivity index (χ4n) is 1.23. The van der Waals surface area contributed by atoms with Crippen molar-refractivity contribution < 1.29 is 9.84 Å². The third-order valence-electron chi connectivity index (χ3n) is 2.12. The second-order valence-corrected chi connectivity index (χ2v) is 3.20. The Bertz CT molecular complexity index is 292. The molecule has 0 saturated carbocycles. The first kappa shape index (κ1) is 10.1. The summed E-state index contributed by atoms with van der Waals surface area (Å²) in [5, 5.41) is 9.41. The minimum Gasteiger partial charge on any atom is -0.508 e. The van der Waals surface area contributed by atoms with Crippen LogP contribution in [-0.2, 0) is 11.3 Å². The third-order valence-corrected chi connectivity index (χ3v) is 2.12. The van der Waals surface area contributed by atoms with Crippen LogP contribution in [0, 0.1) is 13.8 Å². The zero-order valence-corrected chi connectivity index (χ0v) is 8.42. The zero-order valence-electron chi connectivity index (χ0n) is 8.42. The number of hydrogen-bond acceptors (Lipinski definition) is 2. The van der Waals surface area contributed by atoms with Crippen molar-refractivity contribution in [2.45, 2.75) is 27.4 Å². The molecule has 0 aliphatic heterocycles. The van der Waals surface area contributed by atoms with Gasteiger partial charge in [0.25, 0.3) is 0 Å². The lowest BCUT2D eigenvalue weighted by atomic mass is 10.1. The van der Waals surface area contributed by atoms with Gasteiger partial charge in [-0.2, -0.15) is 0 Å². The van der Waals surface area contributed by atoms with Crippen LogP contribution in [0.25, 0.3) is 0 Å². The largest absolute Gasteiger partial charge is 0.508 e. The van der Waals surface area contributed by atoms with Crippen molar-refractivity contribution in [3.8, 4) is 5.75 Å². The molecular weight excluding hydrogens is 164 g/mol. The highest BCUT2D eigenvalue weighted by atomic mass is 16.5. The molecule has 1 aromatic rings. The van der Waals surface area contributed by atoms with Gasteiger partial charge in [-0.1, -0.05) is 0 Å². The molecule has 1 aromatic carbocycles. The molecule has 0 atom stereocenters. The van der Waals surface area contributed by atoms with E-state index in [0.717, 1.165) is 23.3 Å². The number of rotatable bonds is 3. The van der Waals surface area contributed by atoms with Crippen molar-refractivity contribution in [1.82, 2.24) is 0 Å². The topological polar surface area (TPSA) is 29.5 Å². The normalized spacial score (nSPS) is 10.4. The molecule has 0 aliphatic rings. The molecule has 72 valence electrons. The van der Waals surface area contributed by atoms with E-state index in [1.54, 1.807) is 6.07 Å². The summed E-state index contributed by atoms with van der Waals surface area (Å²) in [5.41, 5.74) is 3.13. The fourth-order valence-corrected chi connectivity index (χ4v) is 1.23. The molecule has 0 aliphatic carbocycles. The molecule has 1 rings (SSSR count). The Morgan fingerprint density at radius 2 is 1.92 bits per heavy atom. The quantitative estimate of drug-likeness (QED) is 0.774. The molecule has 0 amide bonds. The summed E-state index contributed by atoms with van der Waals surface area (Å²) in [6.07, 6.45) is 0. The van der Waals surface area contributed by atoms with E-state index in [-0.39, 0.29) is 0 Å². The Morgan fingerprint density at radius 3 is 2.54 bits per heavy atom. The maximum absolute atomic E-state index is 9.41. The molecule has 0 spiro atoms. The number of phenols is 1. The van der Waals surface area contributed by atoms with Crippen LogP contribution >= 0.6 is 0 Å². The van der Waals surface area contributed by atoms with Crippen molar-refractivity contribution in [3.63, 3.8) is 0 Å². The highest BCUT2D eigenvalue weighted by Gasteiger charge is 2.02. The van der Waals surface area contributed by atoms with E-state index in [1.165, 1.54) is 0 Å². The number of phenolic OH excluding ortho intramolecular Hbond substituents is 1. The lowest BCUT2D eigenvalue weighted by Crippen LogP contribution is -1.95. The molecule has 0 heterocycles. The predicted octanol–water partition coefficient (Wildman–Crippen LogP) is 2.55. The number of hydrogen-bond donors (Lipinski definition) is 1. The first-order valence-electron chi connectivity index (χ1n) is 4.52. The first-order chi connectivity index (χ1) is 6.15. The SMILES string of the molecule is CCOCc1cc(C)c(O)cc1C. The summed E-state index contributed by atoms with van der Waals surface area (Å²) < 4.78 is 5.31. The number of aromatic hydroxyl groups is 1. The van der Waals surface area contributed by atoms with E-state index >= 15 is 0 Å². The highest BCUT2D eigenvalue weighted by Crippen LogP contribution is 2.21. The molecule has 0 fully saturated rings. The highest BCUT2D eigenvalue weighted by molar-refractivity contribution is 5.40. The van der Waals surface area contributed by atoms with E-state index in [2.05, 4.69) is 0 Å². The van der Waals surface area contributed by atoms with Gasteiger partial charge in [0.15, 0.2) is 0 Å². The molecule has 2 heteroatoms. The van der Waals surface area contributed by atoms with Gasteiger partial charge < -0.3 is 9.84 Å². The molecule has 13 heavy (non-hydrogen) atoms. The van der Waals surface area contributed by atoms with Crippen LogP contribution < -0.4 is 0 Å². The van der Waals surface area contributed by atoms with Gasteiger partial charge in [-0.05, 0) is 49.6 Å². The second-order valence-electron chi connectivity index (χ2n) is 3.20. The second kappa shape index (κ2) is 4.28. The molecule has 0 unspecified atom stereocenters. The van der Waals surface area contributed by atoms with Gasteiger partial charge in [0, 0.05) is 6.61 Å². The van der Waals surface area contributed by atoms with Crippen molar-refractivity contribution in [3.05, 3.63) is 28.8 Å². The Morgan fingerprint density at radius 1 is 1.23 bits per heavy atom. The minimum absolute atomic E-state index is 0.359. The summed E-state index contributed by atoms with van der Waals surface area (Å²) in [6, 6.07) is 3.75. The van der Waals surface area contributed by atoms with Crippen LogP contribution in [0.1, 0.15) is 23.6 Å². The van der Waals surface area contributed by atoms with E-state index in [1.807, 2.05) is 26.8 Å². The molecule has 0 saturated heterocycles. The number of ether oxygens (including phenoxy) is 1. The van der Waals surface area contributed by atoms with Crippen LogP contribution in [0.5, 0.6) is 5.75 Å². The van der Waals surface area contributed by atoms with Gasteiger partial charge in [-0.15, -0.1) is 0 Å². The number of aryl methyl sites for hydroxylation is 2. The van der Waals surface area contributed by atoms with Crippen molar-refractivity contribution in [2.75, 3.05) is 6.61 Å². The maximum atomic E-state index is 9.41. The van der Waals surface area contributed by atoms with Crippen molar-refractivity contribution in [1.29, 1.82) is 0 Å². The smallest absolute Gasteiger partial charge is 0.118 e. The first-order valence-corrected chi connectivity index (χ1v) is 4.52. The van der Waals surface area contributed by atoms with E-state index in [0.29, 0.717) is 12.4 Å². The van der Waals surface area contributed by atoms with E-state index in [9.17, 15) is 5.11 Å². The van der Waals surface area contributed by atoms with Gasteiger partial charge in [-0.25, -0.2) is 0 Å². The van der Waals surface area contributed by atoms with Crippen LogP contribution in [0.15, 0.2) is 12.1 Å². The van der Waals surface area contributed by atoms with Gasteiger partial charge in [0.05, 0.1) is 6.61 Å². The lowest BCUT2D eigenvalue weighted by Gasteiger charge is -2.08. The van der Waals surface area contributed by atoms with Crippen molar-refractivity contribution >= 4 is 0 Å². The monoisotopic (exact) mass is 180 g/mol. The van der Waals surface area contributed by atoms with Gasteiger partial charge in [-0.3, -0.25) is 0 Å². The van der Waals surface area contributed by atoms with Crippen LogP contribution in [-0.4, -0.2) is 11.7 Å². The van der Waals surface area contributed by atoms with Crippen LogP contribution in [0.3, 0.4) is 0 Å². The summed E-state index contributed by atoms with van der Waals surface area (Å²) in [7, 11) is 0. The molecule has 2 nitrogen and oxygen atoms in total. The Labute approximate surface area is 79.2 Å². The molecular formula is C11H16O2. The Balaban J connectivity index is 2.88. The summed E-state index contributed by atoms with van der Waals surface area (Å²) in [6.45, 7) is 7.20. The Hall–Kier alpha value is -1.02. The van der Waals surface area contributed by atoms with Crippen LogP contribution in [0.2, 0.25) is 0 Å². The van der Waals surface area contributed by atoms with Gasteiger partial charge in [0.1, 0.15) is 5.75 Å². The van der Waals surface area contributed by atoms with Gasteiger partial charge in [0.2, 0.25) is 0 Å². The molecule has 1 N–H and O–H groups in total. The summed E-state index contributed by atoms with van der Waals surface area (Å²) >= 11 is 0. The zero-order chi connectivity index (χ0) is 9.84. The standard InChI is InChI=1S/C11H16O2/c1-4-13-7-10-5-9(3)11(12)6-8(10)2/h5-6,12H,4,7H2,1-3H3. The Kier molecular flexibility index (Phi) is 3.32. The average Bonchev–Trinajstić information content (AvgIpc) is 2.09.